The summed E-state index contributed by atoms with van der Waals surface area (Å²) >= 11 is 0. The molecule has 1 aliphatic carbocycles. The van der Waals surface area contributed by atoms with Crippen LogP contribution in [0.1, 0.15) is 43.5 Å². The number of nitriles is 1. The minimum absolute atomic E-state index is 0.514. The van der Waals surface area contributed by atoms with E-state index in [1.807, 2.05) is 6.07 Å². The summed E-state index contributed by atoms with van der Waals surface area (Å²) < 4.78 is 5.75. The molecule has 0 atom stereocenters. The third-order valence-corrected chi connectivity index (χ3v) is 3.93. The number of fused-ring (bicyclic) bond motifs is 1. The summed E-state index contributed by atoms with van der Waals surface area (Å²) in [4.78, 5) is 6.87. The Balaban J connectivity index is 2.05. The van der Waals surface area contributed by atoms with Gasteiger partial charge in [0, 0.05) is 12.2 Å². The Labute approximate surface area is 121 Å². The number of rotatable bonds is 6. The summed E-state index contributed by atoms with van der Waals surface area (Å²) in [5, 5.41) is 9.24. The predicted molar refractivity (Wildman–Crippen MR) is 78.9 cm³/mol. The molecule has 0 saturated carbocycles. The van der Waals surface area contributed by atoms with Crippen LogP contribution in [0, 0.1) is 11.3 Å². The van der Waals surface area contributed by atoms with Crippen LogP contribution in [0.5, 0.6) is 5.88 Å². The van der Waals surface area contributed by atoms with Crippen molar-refractivity contribution in [2.24, 2.45) is 0 Å². The maximum Gasteiger partial charge on any atom is 0.231 e. The van der Waals surface area contributed by atoms with Crippen LogP contribution >= 0.6 is 0 Å². The first-order valence-corrected chi connectivity index (χ1v) is 7.56. The number of nitrogens with zero attached hydrogens (tertiary/aromatic N) is 3. The zero-order valence-electron chi connectivity index (χ0n) is 12.5. The largest absolute Gasteiger partial charge is 0.475 e. The molecule has 20 heavy (non-hydrogen) atoms. The standard InChI is InChI=1S/C16H23N3O/c1-3-19(4-2)9-10-20-16-14(12-17)11-13-7-5-6-8-15(13)18-16/h11H,3-10H2,1-2H3. The van der Waals surface area contributed by atoms with Crippen LogP contribution in [0.2, 0.25) is 0 Å². The summed E-state index contributed by atoms with van der Waals surface area (Å²) in [5.74, 6) is 0.514. The van der Waals surface area contributed by atoms with E-state index in [1.165, 1.54) is 18.4 Å². The van der Waals surface area contributed by atoms with Gasteiger partial charge in [0.15, 0.2) is 0 Å². The van der Waals surface area contributed by atoms with E-state index in [0.717, 1.165) is 38.2 Å². The zero-order chi connectivity index (χ0) is 14.4. The van der Waals surface area contributed by atoms with Gasteiger partial charge in [0.25, 0.3) is 0 Å². The number of aryl methyl sites for hydroxylation is 2. The van der Waals surface area contributed by atoms with Gasteiger partial charge in [0.05, 0.1) is 0 Å². The van der Waals surface area contributed by atoms with E-state index < -0.39 is 0 Å². The molecule has 0 spiro atoms. The Hall–Kier alpha value is -1.60. The minimum Gasteiger partial charge on any atom is -0.475 e. The Bertz CT molecular complexity index is 489. The fourth-order valence-electron chi connectivity index (χ4n) is 2.62. The number of ether oxygens (including phenoxy) is 1. The first-order valence-electron chi connectivity index (χ1n) is 7.56. The Morgan fingerprint density at radius 1 is 1.30 bits per heavy atom. The molecule has 0 saturated heterocycles. The van der Waals surface area contributed by atoms with Crippen LogP contribution in [-0.2, 0) is 12.8 Å². The summed E-state index contributed by atoms with van der Waals surface area (Å²) in [6, 6.07) is 4.18. The van der Waals surface area contributed by atoms with Crippen LogP contribution in [0.4, 0.5) is 0 Å². The zero-order valence-corrected chi connectivity index (χ0v) is 12.5. The van der Waals surface area contributed by atoms with Crippen molar-refractivity contribution >= 4 is 0 Å². The second-order valence-electron chi connectivity index (χ2n) is 5.14. The quantitative estimate of drug-likeness (QED) is 0.799. The first-order chi connectivity index (χ1) is 9.78. The van der Waals surface area contributed by atoms with E-state index in [2.05, 4.69) is 29.8 Å². The predicted octanol–water partition coefficient (Wildman–Crippen LogP) is 2.55. The van der Waals surface area contributed by atoms with Gasteiger partial charge in [-0.05, 0) is 50.4 Å². The van der Waals surface area contributed by atoms with Crippen LogP contribution in [-0.4, -0.2) is 36.1 Å². The van der Waals surface area contributed by atoms with Crippen molar-refractivity contribution in [3.05, 3.63) is 22.9 Å². The van der Waals surface area contributed by atoms with E-state index in [4.69, 9.17) is 4.74 Å². The number of hydrogen-bond acceptors (Lipinski definition) is 4. The molecule has 0 unspecified atom stereocenters. The van der Waals surface area contributed by atoms with Crippen molar-refractivity contribution in [3.63, 3.8) is 0 Å². The summed E-state index contributed by atoms with van der Waals surface area (Å²) in [5.41, 5.74) is 2.92. The van der Waals surface area contributed by atoms with E-state index in [0.29, 0.717) is 18.1 Å². The molecule has 0 aromatic carbocycles. The molecular weight excluding hydrogens is 250 g/mol. The average Bonchev–Trinajstić information content (AvgIpc) is 2.50. The lowest BCUT2D eigenvalue weighted by Gasteiger charge is -2.19. The average molecular weight is 273 g/mol. The molecule has 0 fully saturated rings. The van der Waals surface area contributed by atoms with Crippen molar-refractivity contribution in [2.45, 2.75) is 39.5 Å². The summed E-state index contributed by atoms with van der Waals surface area (Å²) in [6.07, 6.45) is 4.43. The van der Waals surface area contributed by atoms with Gasteiger partial charge in [0.2, 0.25) is 5.88 Å². The molecule has 1 aromatic rings. The lowest BCUT2D eigenvalue weighted by Crippen LogP contribution is -2.28. The maximum absolute atomic E-state index is 9.24. The van der Waals surface area contributed by atoms with Crippen molar-refractivity contribution in [1.29, 1.82) is 5.26 Å². The Kier molecular flexibility index (Phi) is 5.37. The molecule has 1 heterocycles. The van der Waals surface area contributed by atoms with Gasteiger partial charge in [-0.3, -0.25) is 0 Å². The SMILES string of the molecule is CCN(CC)CCOc1nc2c(cc1C#N)CCCC2. The van der Waals surface area contributed by atoms with E-state index in [9.17, 15) is 5.26 Å². The fourth-order valence-corrected chi connectivity index (χ4v) is 2.62. The number of aromatic nitrogens is 1. The second-order valence-corrected chi connectivity index (χ2v) is 5.14. The molecule has 108 valence electrons. The van der Waals surface area contributed by atoms with Crippen molar-refractivity contribution < 1.29 is 4.74 Å². The maximum atomic E-state index is 9.24. The van der Waals surface area contributed by atoms with Crippen molar-refractivity contribution in [1.82, 2.24) is 9.88 Å². The topological polar surface area (TPSA) is 49.1 Å². The molecule has 0 N–H and O–H groups in total. The number of likely N-dealkylation sites (N-methyl/N-ethyl adjacent to an activating group) is 1. The van der Waals surface area contributed by atoms with Crippen LogP contribution in [0.25, 0.3) is 0 Å². The molecule has 0 amide bonds. The van der Waals surface area contributed by atoms with Gasteiger partial charge in [0.1, 0.15) is 18.2 Å². The second kappa shape index (κ2) is 7.25. The van der Waals surface area contributed by atoms with Crippen molar-refractivity contribution in [3.8, 4) is 11.9 Å². The molecule has 1 aliphatic rings. The third kappa shape index (κ3) is 3.49. The van der Waals surface area contributed by atoms with E-state index in [-0.39, 0.29) is 0 Å². The van der Waals surface area contributed by atoms with E-state index in [1.54, 1.807) is 0 Å². The Morgan fingerprint density at radius 2 is 2.05 bits per heavy atom. The molecule has 4 heteroatoms. The van der Waals surface area contributed by atoms with E-state index >= 15 is 0 Å². The molecule has 4 nitrogen and oxygen atoms in total. The minimum atomic E-state index is 0.514. The van der Waals surface area contributed by atoms with Gasteiger partial charge in [-0.2, -0.15) is 5.26 Å². The smallest absolute Gasteiger partial charge is 0.231 e. The monoisotopic (exact) mass is 273 g/mol. The van der Waals surface area contributed by atoms with Crippen LogP contribution in [0.3, 0.4) is 0 Å². The number of hydrogen-bond donors (Lipinski definition) is 0. The highest BCUT2D eigenvalue weighted by Crippen LogP contribution is 2.25. The van der Waals surface area contributed by atoms with Crippen molar-refractivity contribution in [2.75, 3.05) is 26.2 Å². The molecular formula is C16H23N3O. The summed E-state index contributed by atoms with van der Waals surface area (Å²) in [7, 11) is 0. The van der Waals surface area contributed by atoms with Gasteiger partial charge in [-0.15, -0.1) is 0 Å². The molecule has 0 aliphatic heterocycles. The first kappa shape index (κ1) is 14.8. The summed E-state index contributed by atoms with van der Waals surface area (Å²) in [6.45, 7) is 7.77. The van der Waals surface area contributed by atoms with Gasteiger partial charge < -0.3 is 9.64 Å². The molecule has 0 radical (unpaired) electrons. The van der Waals surface area contributed by atoms with Gasteiger partial charge in [-0.1, -0.05) is 13.8 Å². The molecule has 1 aromatic heterocycles. The van der Waals surface area contributed by atoms with Gasteiger partial charge >= 0.3 is 0 Å². The lowest BCUT2D eigenvalue weighted by atomic mass is 9.95. The third-order valence-electron chi connectivity index (χ3n) is 3.93. The fraction of sp³-hybridized carbons (Fsp3) is 0.625. The lowest BCUT2D eigenvalue weighted by molar-refractivity contribution is 0.217. The molecule has 2 rings (SSSR count). The van der Waals surface area contributed by atoms with Crippen LogP contribution < -0.4 is 4.74 Å². The normalized spacial score (nSPS) is 13.9. The highest BCUT2D eigenvalue weighted by Gasteiger charge is 2.16. The number of pyridine rings is 1. The molecule has 0 bridgehead atoms. The Morgan fingerprint density at radius 3 is 2.75 bits per heavy atom. The van der Waals surface area contributed by atoms with Gasteiger partial charge in [-0.25, -0.2) is 4.98 Å². The van der Waals surface area contributed by atoms with Crippen LogP contribution in [0.15, 0.2) is 6.07 Å². The highest BCUT2D eigenvalue weighted by atomic mass is 16.5. The highest BCUT2D eigenvalue weighted by molar-refractivity contribution is 5.43.